The zero-order chi connectivity index (χ0) is 20.4. The smallest absolute Gasteiger partial charge is 0.249 e. The van der Waals surface area contributed by atoms with Crippen molar-refractivity contribution in [2.24, 2.45) is 5.10 Å². The highest BCUT2D eigenvalue weighted by atomic mass is 16.5. The van der Waals surface area contributed by atoms with E-state index in [4.69, 9.17) is 9.47 Å². The van der Waals surface area contributed by atoms with Gasteiger partial charge in [0.2, 0.25) is 11.8 Å². The lowest BCUT2D eigenvalue weighted by atomic mass is 10.2. The number of amides is 2. The topological polar surface area (TPSA) is 109 Å². The highest BCUT2D eigenvalue weighted by molar-refractivity contribution is 6.03. The third kappa shape index (κ3) is 6.64. The van der Waals surface area contributed by atoms with Gasteiger partial charge in [0.05, 0.1) is 19.4 Å². The summed E-state index contributed by atoms with van der Waals surface area (Å²) in [6.07, 6.45) is 1.02. The molecule has 28 heavy (non-hydrogen) atoms. The number of hydrazone groups is 1. The molecular weight excluding hydrogens is 362 g/mol. The number of hydrogen-bond acceptors (Lipinski definition) is 6. The predicted molar refractivity (Wildman–Crippen MR) is 106 cm³/mol. The van der Waals surface area contributed by atoms with Crippen molar-refractivity contribution < 1.29 is 24.2 Å². The van der Waals surface area contributed by atoms with Crippen LogP contribution in [0.15, 0.2) is 47.6 Å². The van der Waals surface area contributed by atoms with E-state index in [1.165, 1.54) is 12.3 Å². The molecule has 0 atom stereocenters. The molecule has 0 aromatic heterocycles. The Morgan fingerprint density at radius 2 is 1.75 bits per heavy atom. The fourth-order valence-electron chi connectivity index (χ4n) is 2.25. The van der Waals surface area contributed by atoms with Gasteiger partial charge in [0.1, 0.15) is 12.2 Å². The van der Waals surface area contributed by atoms with Crippen molar-refractivity contribution in [1.82, 2.24) is 5.43 Å². The largest absolute Gasteiger partial charge is 0.504 e. The summed E-state index contributed by atoms with van der Waals surface area (Å²) in [5.41, 5.74) is 3.48. The number of carbonyl (C=O) groups is 2. The van der Waals surface area contributed by atoms with Gasteiger partial charge in [-0.15, -0.1) is 0 Å². The molecule has 2 aromatic carbocycles. The number of hydrogen-bond donors (Lipinski definition) is 3. The van der Waals surface area contributed by atoms with Crippen molar-refractivity contribution in [3.05, 3.63) is 48.0 Å². The number of carbonyl (C=O) groups excluding carboxylic acids is 2. The second-order valence-electron chi connectivity index (χ2n) is 5.64. The molecule has 0 heterocycles. The van der Waals surface area contributed by atoms with Crippen LogP contribution in [0.1, 0.15) is 25.8 Å². The van der Waals surface area contributed by atoms with Crippen molar-refractivity contribution in [1.29, 1.82) is 0 Å². The Hall–Kier alpha value is -3.55. The van der Waals surface area contributed by atoms with E-state index in [1.807, 2.05) is 6.92 Å². The van der Waals surface area contributed by atoms with E-state index in [0.29, 0.717) is 36.0 Å². The van der Waals surface area contributed by atoms with Crippen LogP contribution in [0.5, 0.6) is 17.2 Å². The van der Waals surface area contributed by atoms with Crippen molar-refractivity contribution in [3.63, 3.8) is 0 Å². The zero-order valence-corrected chi connectivity index (χ0v) is 15.8. The third-order valence-corrected chi connectivity index (χ3v) is 3.46. The molecule has 0 radical (unpaired) electrons. The predicted octanol–water partition coefficient (Wildman–Crippen LogP) is 2.67. The first kappa shape index (κ1) is 20.8. The van der Waals surface area contributed by atoms with Crippen LogP contribution in [-0.2, 0) is 9.59 Å². The maximum Gasteiger partial charge on any atom is 0.249 e. The Balaban J connectivity index is 1.82. The number of nitrogens with one attached hydrogen (secondary N) is 2. The minimum atomic E-state index is -0.552. The molecule has 2 amide bonds. The number of rotatable bonds is 9. The molecule has 0 fully saturated rings. The maximum atomic E-state index is 11.9. The highest BCUT2D eigenvalue weighted by Gasteiger charge is 2.09. The monoisotopic (exact) mass is 385 g/mol. The summed E-state index contributed by atoms with van der Waals surface area (Å²) in [5.74, 6) is 0.0411. The van der Waals surface area contributed by atoms with Crippen LogP contribution in [0.25, 0.3) is 0 Å². The summed E-state index contributed by atoms with van der Waals surface area (Å²) in [4.78, 5) is 23.7. The van der Waals surface area contributed by atoms with Gasteiger partial charge >= 0.3 is 0 Å². The van der Waals surface area contributed by atoms with Crippen molar-refractivity contribution in [3.8, 4) is 17.2 Å². The fraction of sp³-hybridized carbons (Fsp3) is 0.250. The van der Waals surface area contributed by atoms with Crippen molar-refractivity contribution in [2.45, 2.75) is 20.3 Å². The normalized spacial score (nSPS) is 10.5. The SMILES string of the molecule is CCOc1ccc(NC(=O)CC(=O)N/N=C/c2ccc(O)c(OCC)c2)cc1. The van der Waals surface area contributed by atoms with E-state index in [-0.39, 0.29) is 12.2 Å². The number of aromatic hydroxyl groups is 1. The second kappa shape index (κ2) is 10.6. The van der Waals surface area contributed by atoms with E-state index in [9.17, 15) is 14.7 Å². The van der Waals surface area contributed by atoms with Crippen molar-refractivity contribution in [2.75, 3.05) is 18.5 Å². The quantitative estimate of drug-likeness (QED) is 0.349. The standard InChI is InChI=1S/C20H23N3O5/c1-3-27-16-8-6-15(7-9-16)22-19(25)12-20(26)23-21-13-14-5-10-17(24)18(11-14)28-4-2/h5-11,13,24H,3-4,12H2,1-2H3,(H,22,25)(H,23,26)/b21-13+. The van der Waals surface area contributed by atoms with Gasteiger partial charge in [0.25, 0.3) is 0 Å². The van der Waals surface area contributed by atoms with Crippen molar-refractivity contribution >= 4 is 23.7 Å². The Kier molecular flexibility index (Phi) is 7.83. The Labute approximate surface area is 163 Å². The first-order valence-corrected chi connectivity index (χ1v) is 8.82. The molecule has 8 heteroatoms. The molecule has 0 saturated heterocycles. The van der Waals surface area contributed by atoms with Gasteiger partial charge in [-0.3, -0.25) is 9.59 Å². The number of nitrogens with zero attached hydrogens (tertiary/aromatic N) is 1. The molecule has 8 nitrogen and oxygen atoms in total. The average molecular weight is 385 g/mol. The van der Waals surface area contributed by atoms with Crippen LogP contribution in [0.3, 0.4) is 0 Å². The van der Waals surface area contributed by atoms with E-state index < -0.39 is 11.8 Å². The van der Waals surface area contributed by atoms with E-state index in [0.717, 1.165) is 0 Å². The molecule has 0 bridgehead atoms. The molecule has 0 aliphatic carbocycles. The molecule has 0 aliphatic rings. The summed E-state index contributed by atoms with van der Waals surface area (Å²) < 4.78 is 10.6. The lowest BCUT2D eigenvalue weighted by Gasteiger charge is -2.07. The van der Waals surface area contributed by atoms with Gasteiger partial charge in [-0.05, 0) is 61.9 Å². The molecule has 2 rings (SSSR count). The van der Waals surface area contributed by atoms with E-state index in [1.54, 1.807) is 43.3 Å². The second-order valence-corrected chi connectivity index (χ2v) is 5.64. The first-order valence-electron chi connectivity index (χ1n) is 8.82. The number of ether oxygens (including phenoxy) is 2. The zero-order valence-electron chi connectivity index (χ0n) is 15.8. The Bertz CT molecular complexity index is 834. The molecule has 3 N–H and O–H groups in total. The van der Waals surface area contributed by atoms with Crippen LogP contribution in [-0.4, -0.2) is 36.3 Å². The summed E-state index contributed by atoms with van der Waals surface area (Å²) in [5, 5.41) is 16.1. The summed E-state index contributed by atoms with van der Waals surface area (Å²) in [7, 11) is 0. The summed E-state index contributed by atoms with van der Waals surface area (Å²) >= 11 is 0. The maximum absolute atomic E-state index is 11.9. The van der Waals surface area contributed by atoms with Gasteiger partial charge in [0.15, 0.2) is 11.5 Å². The summed E-state index contributed by atoms with van der Waals surface area (Å²) in [6.45, 7) is 4.66. The van der Waals surface area contributed by atoms with Gasteiger partial charge in [-0.25, -0.2) is 5.43 Å². The van der Waals surface area contributed by atoms with Crippen LogP contribution >= 0.6 is 0 Å². The first-order chi connectivity index (χ1) is 13.5. The van der Waals surface area contributed by atoms with Crippen LogP contribution in [0.4, 0.5) is 5.69 Å². The molecule has 0 spiro atoms. The van der Waals surface area contributed by atoms with Crippen LogP contribution in [0.2, 0.25) is 0 Å². The molecule has 2 aromatic rings. The number of benzene rings is 2. The molecule has 0 unspecified atom stereocenters. The third-order valence-electron chi connectivity index (χ3n) is 3.46. The van der Waals surface area contributed by atoms with Gasteiger partial charge in [0, 0.05) is 5.69 Å². The number of phenols is 1. The van der Waals surface area contributed by atoms with Gasteiger partial charge < -0.3 is 19.9 Å². The highest BCUT2D eigenvalue weighted by Crippen LogP contribution is 2.26. The molecule has 0 aliphatic heterocycles. The Morgan fingerprint density at radius 3 is 2.43 bits per heavy atom. The lowest BCUT2D eigenvalue weighted by molar-refractivity contribution is -0.126. The van der Waals surface area contributed by atoms with E-state index in [2.05, 4.69) is 15.8 Å². The number of anilines is 1. The minimum absolute atomic E-state index is 0.0222. The number of phenolic OH excluding ortho intramolecular Hbond substituents is 1. The molecule has 0 saturated carbocycles. The van der Waals surface area contributed by atoms with Crippen LogP contribution in [0, 0.1) is 0 Å². The van der Waals surface area contributed by atoms with E-state index >= 15 is 0 Å². The molecule has 148 valence electrons. The lowest BCUT2D eigenvalue weighted by Crippen LogP contribution is -2.24. The molecular formula is C20H23N3O5. The van der Waals surface area contributed by atoms with Crippen LogP contribution < -0.4 is 20.2 Å². The van der Waals surface area contributed by atoms with Gasteiger partial charge in [-0.2, -0.15) is 5.10 Å². The minimum Gasteiger partial charge on any atom is -0.504 e. The summed E-state index contributed by atoms with van der Waals surface area (Å²) in [6, 6.07) is 11.5. The average Bonchev–Trinajstić information content (AvgIpc) is 2.66. The Morgan fingerprint density at radius 1 is 1.04 bits per heavy atom. The fourth-order valence-corrected chi connectivity index (χ4v) is 2.25. The van der Waals surface area contributed by atoms with Gasteiger partial charge in [-0.1, -0.05) is 0 Å².